The fourth-order valence-corrected chi connectivity index (χ4v) is 2.04. The fourth-order valence-electron chi connectivity index (χ4n) is 2.04. The molecule has 0 spiro atoms. The molecule has 0 saturated heterocycles. The maximum Gasteiger partial charge on any atom is 0.183 e. The van der Waals surface area contributed by atoms with Crippen LogP contribution in [0.15, 0.2) is 60.7 Å². The number of nitrogens with zero attached hydrogens (tertiary/aromatic N) is 3. The Hall–Kier alpha value is -2.75. The number of hydrogen-bond acceptors (Lipinski definition) is 4. The molecule has 0 saturated carbocycles. The molecule has 3 aromatic rings. The molecule has 0 unspecified atom stereocenters. The van der Waals surface area contributed by atoms with Crippen molar-refractivity contribution in [3.8, 4) is 11.4 Å². The first-order chi connectivity index (χ1) is 10.3. The van der Waals surface area contributed by atoms with Crippen LogP contribution in [-0.2, 0) is 6.54 Å². The lowest BCUT2D eigenvalue weighted by atomic mass is 10.2. The summed E-state index contributed by atoms with van der Waals surface area (Å²) in [7, 11) is 0. The van der Waals surface area contributed by atoms with Gasteiger partial charge in [0, 0.05) is 12.1 Å². The first-order valence-electron chi connectivity index (χ1n) is 6.87. The van der Waals surface area contributed by atoms with Crippen LogP contribution in [0.3, 0.4) is 0 Å². The molecule has 0 aliphatic heterocycles. The van der Waals surface area contributed by atoms with Gasteiger partial charge < -0.3 is 5.32 Å². The molecule has 4 heteroatoms. The normalized spacial score (nSPS) is 10.3. The Morgan fingerprint density at radius 1 is 0.857 bits per heavy atom. The summed E-state index contributed by atoms with van der Waals surface area (Å²) in [6.45, 7) is 2.62. The minimum Gasteiger partial charge on any atom is -0.364 e. The van der Waals surface area contributed by atoms with Crippen molar-refractivity contribution in [3.05, 3.63) is 71.9 Å². The lowest BCUT2D eigenvalue weighted by molar-refractivity contribution is 0.926. The van der Waals surface area contributed by atoms with Gasteiger partial charge >= 0.3 is 0 Å². The average Bonchev–Trinajstić information content (AvgIpc) is 2.56. The number of anilines is 1. The summed E-state index contributed by atoms with van der Waals surface area (Å²) in [6, 6.07) is 20.1. The maximum atomic E-state index is 4.57. The highest BCUT2D eigenvalue weighted by molar-refractivity contribution is 5.56. The molecular weight excluding hydrogens is 260 g/mol. The van der Waals surface area contributed by atoms with Gasteiger partial charge in [0.1, 0.15) is 5.69 Å². The van der Waals surface area contributed by atoms with Gasteiger partial charge in [0.2, 0.25) is 0 Å². The van der Waals surface area contributed by atoms with Gasteiger partial charge in [0.25, 0.3) is 0 Å². The molecule has 0 atom stereocenters. The minimum absolute atomic E-state index is 0.636. The van der Waals surface area contributed by atoms with Gasteiger partial charge in [-0.2, -0.15) is 0 Å². The standard InChI is InChI=1S/C17H16N4/c1-13-16(18-12-14-8-4-2-5-9-14)19-17(21-20-13)15-10-6-3-7-11-15/h2-11H,12H2,1H3,(H,18,19,21). The lowest BCUT2D eigenvalue weighted by Gasteiger charge is -2.09. The monoisotopic (exact) mass is 276 g/mol. The molecule has 0 aliphatic carbocycles. The largest absolute Gasteiger partial charge is 0.364 e. The third-order valence-electron chi connectivity index (χ3n) is 3.19. The van der Waals surface area contributed by atoms with Crippen LogP contribution in [0.5, 0.6) is 0 Å². The number of aryl methyl sites for hydroxylation is 1. The second-order valence-corrected chi connectivity index (χ2v) is 4.77. The van der Waals surface area contributed by atoms with E-state index in [4.69, 9.17) is 0 Å². The van der Waals surface area contributed by atoms with Crippen LogP contribution in [0, 0.1) is 6.92 Å². The Labute approximate surface area is 123 Å². The van der Waals surface area contributed by atoms with E-state index in [0.29, 0.717) is 12.4 Å². The zero-order chi connectivity index (χ0) is 14.5. The van der Waals surface area contributed by atoms with Crippen molar-refractivity contribution in [1.29, 1.82) is 0 Å². The van der Waals surface area contributed by atoms with Crippen LogP contribution >= 0.6 is 0 Å². The third-order valence-corrected chi connectivity index (χ3v) is 3.19. The molecule has 0 amide bonds. The first kappa shape index (κ1) is 13.2. The summed E-state index contributed by atoms with van der Waals surface area (Å²) in [5.74, 6) is 1.41. The quantitative estimate of drug-likeness (QED) is 0.793. The van der Waals surface area contributed by atoms with Crippen molar-refractivity contribution in [2.75, 3.05) is 5.32 Å². The van der Waals surface area contributed by atoms with E-state index in [1.54, 1.807) is 0 Å². The molecule has 21 heavy (non-hydrogen) atoms. The number of benzene rings is 2. The van der Waals surface area contributed by atoms with Crippen LogP contribution in [0.4, 0.5) is 5.82 Å². The average molecular weight is 276 g/mol. The van der Waals surface area contributed by atoms with Crippen LogP contribution < -0.4 is 5.32 Å². The van der Waals surface area contributed by atoms with Gasteiger partial charge in [-0.1, -0.05) is 60.7 Å². The number of hydrogen-bond donors (Lipinski definition) is 1. The van der Waals surface area contributed by atoms with E-state index in [1.807, 2.05) is 55.5 Å². The van der Waals surface area contributed by atoms with Crippen molar-refractivity contribution >= 4 is 5.82 Å². The van der Waals surface area contributed by atoms with Gasteiger partial charge in [0.05, 0.1) is 0 Å². The minimum atomic E-state index is 0.636. The van der Waals surface area contributed by atoms with Crippen LogP contribution in [-0.4, -0.2) is 15.2 Å². The predicted octanol–water partition coefficient (Wildman–Crippen LogP) is 3.46. The van der Waals surface area contributed by atoms with E-state index in [-0.39, 0.29) is 0 Å². The van der Waals surface area contributed by atoms with Gasteiger partial charge in [0.15, 0.2) is 11.6 Å². The van der Waals surface area contributed by atoms with Gasteiger partial charge in [-0.05, 0) is 12.5 Å². The zero-order valence-electron chi connectivity index (χ0n) is 11.8. The second kappa shape index (κ2) is 6.13. The highest BCUT2D eigenvalue weighted by Gasteiger charge is 2.07. The van der Waals surface area contributed by atoms with E-state index in [2.05, 4.69) is 32.6 Å². The van der Waals surface area contributed by atoms with Crippen LogP contribution in [0.2, 0.25) is 0 Å². The molecule has 1 aromatic heterocycles. The third kappa shape index (κ3) is 3.23. The summed E-state index contributed by atoms with van der Waals surface area (Å²) in [6.07, 6.45) is 0. The summed E-state index contributed by atoms with van der Waals surface area (Å²) in [5.41, 5.74) is 2.97. The molecule has 104 valence electrons. The highest BCUT2D eigenvalue weighted by Crippen LogP contribution is 2.17. The first-order valence-corrected chi connectivity index (χ1v) is 6.87. The fraction of sp³-hybridized carbons (Fsp3) is 0.118. The lowest BCUT2D eigenvalue weighted by Crippen LogP contribution is -2.06. The topological polar surface area (TPSA) is 50.7 Å². The summed E-state index contributed by atoms with van der Waals surface area (Å²) in [4.78, 5) is 4.57. The highest BCUT2D eigenvalue weighted by atomic mass is 15.2. The number of rotatable bonds is 4. The second-order valence-electron chi connectivity index (χ2n) is 4.77. The van der Waals surface area contributed by atoms with Crippen molar-refractivity contribution < 1.29 is 0 Å². The van der Waals surface area contributed by atoms with Gasteiger partial charge in [-0.3, -0.25) is 0 Å². The molecule has 0 bridgehead atoms. The molecule has 0 aliphatic rings. The molecule has 1 N–H and O–H groups in total. The van der Waals surface area contributed by atoms with E-state index in [0.717, 1.165) is 17.1 Å². The van der Waals surface area contributed by atoms with Gasteiger partial charge in [-0.15, -0.1) is 10.2 Å². The van der Waals surface area contributed by atoms with Crippen LogP contribution in [0.1, 0.15) is 11.3 Å². The number of aromatic nitrogens is 3. The van der Waals surface area contributed by atoms with Gasteiger partial charge in [-0.25, -0.2) is 4.98 Å². The summed E-state index contributed by atoms with van der Waals surface area (Å²) in [5, 5.41) is 11.7. The Bertz CT molecular complexity index is 711. The van der Waals surface area contributed by atoms with Crippen molar-refractivity contribution in [3.63, 3.8) is 0 Å². The summed E-state index contributed by atoms with van der Waals surface area (Å²) < 4.78 is 0. The zero-order valence-corrected chi connectivity index (χ0v) is 11.8. The molecule has 0 radical (unpaired) electrons. The van der Waals surface area contributed by atoms with E-state index < -0.39 is 0 Å². The molecule has 1 heterocycles. The smallest absolute Gasteiger partial charge is 0.183 e. The van der Waals surface area contributed by atoms with E-state index >= 15 is 0 Å². The SMILES string of the molecule is Cc1nnc(-c2ccccc2)nc1NCc1ccccc1. The Balaban J connectivity index is 1.82. The van der Waals surface area contributed by atoms with Crippen molar-refractivity contribution in [2.24, 2.45) is 0 Å². The van der Waals surface area contributed by atoms with Crippen LogP contribution in [0.25, 0.3) is 11.4 Å². The Morgan fingerprint density at radius 3 is 2.24 bits per heavy atom. The molecule has 4 nitrogen and oxygen atoms in total. The Morgan fingerprint density at radius 2 is 1.52 bits per heavy atom. The molecular formula is C17H16N4. The maximum absolute atomic E-state index is 4.57. The van der Waals surface area contributed by atoms with E-state index in [1.165, 1.54) is 5.56 Å². The summed E-state index contributed by atoms with van der Waals surface area (Å²) >= 11 is 0. The van der Waals surface area contributed by atoms with Crippen molar-refractivity contribution in [2.45, 2.75) is 13.5 Å². The van der Waals surface area contributed by atoms with Crippen molar-refractivity contribution in [1.82, 2.24) is 15.2 Å². The Kier molecular flexibility index (Phi) is 3.87. The number of nitrogens with one attached hydrogen (secondary N) is 1. The molecule has 2 aromatic carbocycles. The predicted molar refractivity (Wildman–Crippen MR) is 83.8 cm³/mol. The van der Waals surface area contributed by atoms with E-state index in [9.17, 15) is 0 Å². The molecule has 0 fully saturated rings. The molecule has 3 rings (SSSR count).